The Labute approximate surface area is 148 Å². The summed E-state index contributed by atoms with van der Waals surface area (Å²) in [5.74, 6) is -11.5. The Bertz CT molecular complexity index is 805. The van der Waals surface area contributed by atoms with Crippen molar-refractivity contribution in [3.8, 4) is 5.75 Å². The van der Waals surface area contributed by atoms with E-state index in [0.29, 0.717) is 5.02 Å². The normalized spacial score (nSPS) is 10.7. The van der Waals surface area contributed by atoms with E-state index in [9.17, 15) is 26.7 Å². The lowest BCUT2D eigenvalue weighted by Gasteiger charge is -2.11. The highest BCUT2D eigenvalue weighted by molar-refractivity contribution is 8.00. The maximum Gasteiger partial charge on any atom is 0.234 e. The van der Waals surface area contributed by atoms with E-state index >= 15 is 0 Å². The van der Waals surface area contributed by atoms with E-state index in [1.54, 1.807) is 0 Å². The van der Waals surface area contributed by atoms with E-state index < -0.39 is 45.6 Å². The zero-order valence-corrected chi connectivity index (χ0v) is 14.0. The van der Waals surface area contributed by atoms with Crippen molar-refractivity contribution in [3.05, 3.63) is 52.3 Å². The van der Waals surface area contributed by atoms with Gasteiger partial charge in [-0.15, -0.1) is 11.8 Å². The number of halogens is 6. The van der Waals surface area contributed by atoms with Gasteiger partial charge in [-0.05, 0) is 18.2 Å². The number of amides is 1. The first-order chi connectivity index (χ1) is 11.8. The highest BCUT2D eigenvalue weighted by Crippen LogP contribution is 2.32. The standard InChI is InChI=1S/C15H9ClF5NO2S/c1-24-8-3-2-6(16)4-7(8)22-9(23)5-25-15-13(20)11(18)10(17)12(19)14(15)21/h2-4H,5H2,1H3,(H,22,23). The molecule has 0 spiro atoms. The molecule has 0 atom stereocenters. The third-order valence-electron chi connectivity index (χ3n) is 2.95. The molecule has 0 aliphatic rings. The lowest BCUT2D eigenvalue weighted by Crippen LogP contribution is -2.15. The Hall–Kier alpha value is -2.00. The molecule has 0 fully saturated rings. The van der Waals surface area contributed by atoms with Crippen LogP contribution in [0.4, 0.5) is 27.6 Å². The van der Waals surface area contributed by atoms with Crippen LogP contribution in [0.25, 0.3) is 0 Å². The zero-order chi connectivity index (χ0) is 18.7. The highest BCUT2D eigenvalue weighted by atomic mass is 35.5. The minimum absolute atomic E-state index is 0.173. The fourth-order valence-corrected chi connectivity index (χ4v) is 2.77. The zero-order valence-electron chi connectivity index (χ0n) is 12.4. The number of thioether (sulfide) groups is 1. The van der Waals surface area contributed by atoms with Gasteiger partial charge >= 0.3 is 0 Å². The van der Waals surface area contributed by atoms with Crippen LogP contribution in [0.2, 0.25) is 5.02 Å². The number of carbonyl (C=O) groups excluding carboxylic acids is 1. The van der Waals surface area contributed by atoms with E-state index in [-0.39, 0.29) is 23.2 Å². The monoisotopic (exact) mass is 397 g/mol. The smallest absolute Gasteiger partial charge is 0.234 e. The maximum atomic E-state index is 13.5. The van der Waals surface area contributed by atoms with E-state index in [2.05, 4.69) is 5.32 Å². The lowest BCUT2D eigenvalue weighted by molar-refractivity contribution is -0.113. The Morgan fingerprint density at radius 1 is 1.08 bits per heavy atom. The van der Waals surface area contributed by atoms with Crippen molar-refractivity contribution >= 4 is 35.0 Å². The van der Waals surface area contributed by atoms with Gasteiger partial charge in [0.15, 0.2) is 23.3 Å². The molecule has 0 aromatic heterocycles. The summed E-state index contributed by atoms with van der Waals surface area (Å²) in [4.78, 5) is 10.8. The number of anilines is 1. The summed E-state index contributed by atoms with van der Waals surface area (Å²) in [6.45, 7) is 0. The van der Waals surface area contributed by atoms with Gasteiger partial charge in [-0.25, -0.2) is 22.0 Å². The molecule has 0 heterocycles. The van der Waals surface area contributed by atoms with Crippen molar-refractivity contribution in [3.63, 3.8) is 0 Å². The van der Waals surface area contributed by atoms with Crippen LogP contribution >= 0.6 is 23.4 Å². The van der Waals surface area contributed by atoms with Crippen LogP contribution < -0.4 is 10.1 Å². The van der Waals surface area contributed by atoms with Crippen molar-refractivity contribution in [1.82, 2.24) is 0 Å². The van der Waals surface area contributed by atoms with Gasteiger partial charge in [0.1, 0.15) is 5.75 Å². The van der Waals surface area contributed by atoms with Crippen LogP contribution in [0, 0.1) is 29.1 Å². The molecule has 3 nitrogen and oxygen atoms in total. The second kappa shape index (κ2) is 7.92. The van der Waals surface area contributed by atoms with Gasteiger partial charge in [0, 0.05) is 5.02 Å². The van der Waals surface area contributed by atoms with E-state index in [4.69, 9.17) is 16.3 Å². The number of hydrogen-bond donors (Lipinski definition) is 1. The lowest BCUT2D eigenvalue weighted by atomic mass is 10.3. The molecular formula is C15H9ClF5NO2S. The quantitative estimate of drug-likeness (QED) is 0.342. The molecule has 134 valence electrons. The van der Waals surface area contributed by atoms with Crippen LogP contribution in [0.5, 0.6) is 5.75 Å². The summed E-state index contributed by atoms with van der Waals surface area (Å²) in [6.07, 6.45) is 0. The highest BCUT2D eigenvalue weighted by Gasteiger charge is 2.26. The fourth-order valence-electron chi connectivity index (χ4n) is 1.81. The van der Waals surface area contributed by atoms with Crippen LogP contribution in [-0.2, 0) is 4.79 Å². The van der Waals surface area contributed by atoms with Crippen molar-refractivity contribution in [2.75, 3.05) is 18.2 Å². The molecule has 0 saturated heterocycles. The Kier molecular flexibility index (Phi) is 6.12. The summed E-state index contributed by atoms with van der Waals surface area (Å²) < 4.78 is 71.3. The minimum Gasteiger partial charge on any atom is -0.495 e. The van der Waals surface area contributed by atoms with Gasteiger partial charge in [0.25, 0.3) is 0 Å². The number of benzene rings is 2. The molecule has 0 saturated carbocycles. The number of methoxy groups -OCH3 is 1. The van der Waals surface area contributed by atoms with Gasteiger partial charge in [-0.1, -0.05) is 11.6 Å². The number of nitrogens with one attached hydrogen (secondary N) is 1. The predicted molar refractivity (Wildman–Crippen MR) is 83.6 cm³/mol. The maximum absolute atomic E-state index is 13.5. The predicted octanol–water partition coefficient (Wildman–Crippen LogP) is 4.77. The summed E-state index contributed by atoms with van der Waals surface area (Å²) in [7, 11) is 1.35. The number of ether oxygens (including phenoxy) is 1. The first kappa shape index (κ1) is 19.3. The molecule has 0 aliphatic carbocycles. The van der Waals surface area contributed by atoms with Crippen LogP contribution in [0.1, 0.15) is 0 Å². The minimum atomic E-state index is -2.26. The molecule has 0 bridgehead atoms. The Morgan fingerprint density at radius 3 is 2.20 bits per heavy atom. The van der Waals surface area contributed by atoms with E-state index in [1.165, 1.54) is 25.3 Å². The van der Waals surface area contributed by atoms with E-state index in [1.807, 2.05) is 0 Å². The van der Waals surface area contributed by atoms with Gasteiger partial charge in [0.05, 0.1) is 23.4 Å². The molecule has 1 N–H and O–H groups in total. The molecule has 2 aromatic carbocycles. The van der Waals surface area contributed by atoms with Crippen molar-refractivity contribution in [2.24, 2.45) is 0 Å². The molecule has 10 heteroatoms. The first-order valence-corrected chi connectivity index (χ1v) is 7.90. The summed E-state index contributed by atoms with van der Waals surface area (Å²) in [5, 5.41) is 2.67. The average Bonchev–Trinajstić information content (AvgIpc) is 2.58. The van der Waals surface area contributed by atoms with Gasteiger partial charge in [-0.3, -0.25) is 4.79 Å². The third kappa shape index (κ3) is 4.16. The van der Waals surface area contributed by atoms with Gasteiger partial charge in [0.2, 0.25) is 11.7 Å². The average molecular weight is 398 g/mol. The Balaban J connectivity index is 2.15. The van der Waals surface area contributed by atoms with Crippen LogP contribution in [0.3, 0.4) is 0 Å². The van der Waals surface area contributed by atoms with E-state index in [0.717, 1.165) is 0 Å². The molecule has 25 heavy (non-hydrogen) atoms. The van der Waals surface area contributed by atoms with Crippen molar-refractivity contribution in [1.29, 1.82) is 0 Å². The molecule has 0 unspecified atom stereocenters. The van der Waals surface area contributed by atoms with Gasteiger partial charge < -0.3 is 10.1 Å². The molecular weight excluding hydrogens is 389 g/mol. The molecule has 2 aromatic rings. The SMILES string of the molecule is COc1ccc(Cl)cc1NC(=O)CSc1c(F)c(F)c(F)c(F)c1F. The molecule has 0 radical (unpaired) electrons. The summed E-state index contributed by atoms with van der Waals surface area (Å²) in [6, 6.07) is 4.37. The first-order valence-electron chi connectivity index (χ1n) is 6.53. The molecule has 2 rings (SSSR count). The van der Waals surface area contributed by atoms with Gasteiger partial charge in [-0.2, -0.15) is 0 Å². The Morgan fingerprint density at radius 2 is 1.64 bits per heavy atom. The second-order valence-electron chi connectivity index (χ2n) is 4.58. The second-order valence-corrected chi connectivity index (χ2v) is 6.00. The largest absolute Gasteiger partial charge is 0.495 e. The summed E-state index contributed by atoms with van der Waals surface area (Å²) >= 11 is 5.96. The summed E-state index contributed by atoms with van der Waals surface area (Å²) in [5.41, 5.74) is 0.193. The number of rotatable bonds is 5. The number of hydrogen-bond acceptors (Lipinski definition) is 3. The third-order valence-corrected chi connectivity index (χ3v) is 4.24. The topological polar surface area (TPSA) is 38.3 Å². The fraction of sp³-hybridized carbons (Fsp3) is 0.133. The van der Waals surface area contributed by atoms with Crippen LogP contribution in [-0.4, -0.2) is 18.8 Å². The van der Waals surface area contributed by atoms with Crippen molar-refractivity contribution in [2.45, 2.75) is 4.90 Å². The molecule has 0 aliphatic heterocycles. The van der Waals surface area contributed by atoms with Crippen LogP contribution in [0.15, 0.2) is 23.1 Å². The van der Waals surface area contributed by atoms with Crippen molar-refractivity contribution < 1.29 is 31.5 Å². The number of carbonyl (C=O) groups is 1. The molecule has 1 amide bonds.